The van der Waals surface area contributed by atoms with Crippen molar-refractivity contribution in [1.82, 2.24) is 9.55 Å². The van der Waals surface area contributed by atoms with E-state index in [1.165, 1.54) is 12.1 Å². The van der Waals surface area contributed by atoms with Crippen molar-refractivity contribution in [3.8, 4) is 5.75 Å². The van der Waals surface area contributed by atoms with Crippen molar-refractivity contribution in [1.29, 1.82) is 0 Å². The van der Waals surface area contributed by atoms with Crippen molar-refractivity contribution < 1.29 is 33.0 Å². The number of aliphatic hydroxyl groups is 2. The highest BCUT2D eigenvalue weighted by molar-refractivity contribution is 7.51. The van der Waals surface area contributed by atoms with Gasteiger partial charge in [0.1, 0.15) is 24.6 Å². The minimum absolute atomic E-state index is 0.104. The second-order valence-corrected chi connectivity index (χ2v) is 7.49. The van der Waals surface area contributed by atoms with Crippen LogP contribution in [0.25, 0.3) is 0 Å². The number of aliphatic hydroxyl groups excluding tert-OH is 2. The highest BCUT2D eigenvalue weighted by Crippen LogP contribution is 2.44. The molecule has 0 amide bonds. The van der Waals surface area contributed by atoms with Gasteiger partial charge in [-0.3, -0.25) is 18.9 Å². The Hall–Kier alpha value is -2.34. The molecule has 152 valence electrons. The van der Waals surface area contributed by atoms with Gasteiger partial charge in [-0.05, 0) is 12.1 Å². The second kappa shape index (κ2) is 7.59. The van der Waals surface area contributed by atoms with Gasteiger partial charge in [-0.25, -0.2) is 19.3 Å². The lowest BCUT2D eigenvalue weighted by atomic mass is 10.1. The van der Waals surface area contributed by atoms with Crippen LogP contribution in [0, 0.1) is 0 Å². The summed E-state index contributed by atoms with van der Waals surface area (Å²) in [5.41, 5.74) is 3.69. The number of nitrogens with one attached hydrogen (secondary N) is 1. The molecule has 5 unspecified atom stereocenters. The van der Waals surface area contributed by atoms with Crippen molar-refractivity contribution in [2.24, 2.45) is 5.50 Å². The third kappa shape index (κ3) is 4.22. The first-order valence-electron chi connectivity index (χ1n) is 7.93. The van der Waals surface area contributed by atoms with E-state index in [2.05, 4.69) is 0 Å². The topological polar surface area (TPSA) is 166 Å². The molecular weight excluding hydrogens is 400 g/mol. The first kappa shape index (κ1) is 20.4. The molecule has 1 aromatic carbocycles. The molecule has 0 radical (unpaired) electrons. The third-order valence-corrected chi connectivity index (χ3v) is 4.87. The minimum Gasteiger partial charge on any atom is -0.413 e. The first-order chi connectivity index (χ1) is 13.1. The third-order valence-electron chi connectivity index (χ3n) is 3.92. The number of benzene rings is 1. The molecule has 0 bridgehead atoms. The Morgan fingerprint density at radius 1 is 1.29 bits per heavy atom. The molecule has 1 aromatic heterocycles. The van der Waals surface area contributed by atoms with Crippen molar-refractivity contribution >= 4 is 7.75 Å². The number of nitrogens with two attached hydrogens (primary N) is 1. The summed E-state index contributed by atoms with van der Waals surface area (Å²) in [6.07, 6.45) is -4.79. The summed E-state index contributed by atoms with van der Waals surface area (Å²) in [7, 11) is -4.29. The van der Waals surface area contributed by atoms with Gasteiger partial charge in [0.25, 0.3) is 11.4 Å². The van der Waals surface area contributed by atoms with Crippen LogP contribution in [-0.2, 0) is 13.8 Å². The number of halogens is 1. The van der Waals surface area contributed by atoms with E-state index in [9.17, 15) is 28.8 Å². The van der Waals surface area contributed by atoms with Crippen molar-refractivity contribution in [2.75, 3.05) is 6.61 Å². The molecule has 2 aromatic rings. The van der Waals surface area contributed by atoms with Gasteiger partial charge in [0.15, 0.2) is 6.23 Å². The Bertz CT molecular complexity index is 999. The molecular formula is C15H17FN3O8P. The summed E-state index contributed by atoms with van der Waals surface area (Å²) in [6.45, 7) is -1.17. The Morgan fingerprint density at radius 2 is 1.96 bits per heavy atom. The van der Waals surface area contributed by atoms with Gasteiger partial charge >= 0.3 is 13.4 Å². The number of aromatic nitrogens is 2. The van der Waals surface area contributed by atoms with Crippen LogP contribution in [0.2, 0.25) is 0 Å². The predicted octanol–water partition coefficient (Wildman–Crippen LogP) is -0.385. The zero-order valence-corrected chi connectivity index (χ0v) is 15.1. The molecule has 0 spiro atoms. The summed E-state index contributed by atoms with van der Waals surface area (Å²) in [6, 6.07) is 8.67. The number of rotatable bonds is 6. The van der Waals surface area contributed by atoms with Crippen LogP contribution >= 0.6 is 7.75 Å². The lowest BCUT2D eigenvalue weighted by molar-refractivity contribution is -0.203. The minimum atomic E-state index is -4.29. The summed E-state index contributed by atoms with van der Waals surface area (Å²) >= 11 is 0. The van der Waals surface area contributed by atoms with Gasteiger partial charge in [0.2, 0.25) is 0 Å². The van der Waals surface area contributed by atoms with Gasteiger partial charge in [0.05, 0.1) is 0 Å². The maximum Gasteiger partial charge on any atom is 0.456 e. The molecule has 11 nitrogen and oxygen atoms in total. The first-order valence-corrected chi connectivity index (χ1v) is 9.55. The molecule has 3 rings (SSSR count). The fourth-order valence-corrected chi connectivity index (χ4v) is 3.38. The molecule has 5 N–H and O–H groups in total. The number of aromatic amines is 1. The molecule has 28 heavy (non-hydrogen) atoms. The lowest BCUT2D eigenvalue weighted by Gasteiger charge is -2.24. The zero-order chi connectivity index (χ0) is 20.5. The number of hydrogen-bond donors (Lipinski definition) is 4. The summed E-state index contributed by atoms with van der Waals surface area (Å²) in [4.78, 5) is 24.8. The number of H-pyrrole nitrogens is 1. The Labute approximate surface area is 156 Å². The van der Waals surface area contributed by atoms with Crippen molar-refractivity contribution in [3.63, 3.8) is 0 Å². The maximum atomic E-state index is 15.0. The van der Waals surface area contributed by atoms with E-state index >= 15 is 0 Å². The van der Waals surface area contributed by atoms with E-state index in [1.54, 1.807) is 18.2 Å². The smallest absolute Gasteiger partial charge is 0.413 e. The summed E-state index contributed by atoms with van der Waals surface area (Å²) < 4.78 is 42.5. The van der Waals surface area contributed by atoms with Gasteiger partial charge in [-0.1, -0.05) is 18.2 Å². The maximum absolute atomic E-state index is 15.0. The molecule has 0 aliphatic carbocycles. The van der Waals surface area contributed by atoms with E-state index in [0.29, 0.717) is 4.57 Å². The standard InChI is InChI=1S/C15H17FN3O8P/c16-15(8-25-28(17,24)27-9-4-2-1-3-5-9)12(22)11(21)13(26-15)19-7-6-10(20)18-14(19)23/h1-7,11-13,21-22H,8H2,(H2,17,24)(H,18,20,23). The van der Waals surface area contributed by atoms with Crippen molar-refractivity contribution in [2.45, 2.75) is 24.3 Å². The van der Waals surface area contributed by atoms with Gasteiger partial charge < -0.3 is 19.5 Å². The Balaban J connectivity index is 1.73. The molecule has 1 aliphatic rings. The molecule has 1 saturated heterocycles. The second-order valence-electron chi connectivity index (χ2n) is 5.97. The van der Waals surface area contributed by atoms with Crippen LogP contribution in [-0.4, -0.2) is 44.4 Å². The molecule has 13 heteroatoms. The average molecular weight is 417 g/mol. The largest absolute Gasteiger partial charge is 0.456 e. The number of para-hydroxylation sites is 1. The Morgan fingerprint density at radius 3 is 2.61 bits per heavy atom. The molecule has 0 saturated carbocycles. The summed E-state index contributed by atoms with van der Waals surface area (Å²) in [5.74, 6) is -2.96. The highest BCUT2D eigenvalue weighted by Gasteiger charge is 2.57. The van der Waals surface area contributed by atoms with Crippen LogP contribution in [0.3, 0.4) is 0 Å². The van der Waals surface area contributed by atoms with E-state index in [0.717, 1.165) is 12.3 Å². The van der Waals surface area contributed by atoms with Crippen LogP contribution in [0.15, 0.2) is 52.2 Å². The lowest BCUT2D eigenvalue weighted by Crippen LogP contribution is -2.43. The van der Waals surface area contributed by atoms with Gasteiger partial charge in [0, 0.05) is 12.3 Å². The van der Waals surface area contributed by atoms with Crippen LogP contribution in [0.5, 0.6) is 5.75 Å². The van der Waals surface area contributed by atoms with Crippen LogP contribution < -0.4 is 21.3 Å². The monoisotopic (exact) mass is 417 g/mol. The molecule has 1 aliphatic heterocycles. The van der Waals surface area contributed by atoms with Crippen LogP contribution in [0.1, 0.15) is 6.23 Å². The molecule has 5 atom stereocenters. The number of nitrogens with zero attached hydrogens (tertiary/aromatic N) is 1. The van der Waals surface area contributed by atoms with E-state index in [-0.39, 0.29) is 5.75 Å². The number of ether oxygens (including phenoxy) is 1. The zero-order valence-electron chi connectivity index (χ0n) is 14.2. The average Bonchev–Trinajstić information content (AvgIpc) is 2.86. The Kier molecular flexibility index (Phi) is 5.53. The predicted molar refractivity (Wildman–Crippen MR) is 92.1 cm³/mol. The number of hydrogen-bond acceptors (Lipinski definition) is 8. The van der Waals surface area contributed by atoms with E-state index < -0.39 is 49.9 Å². The van der Waals surface area contributed by atoms with E-state index in [4.69, 9.17) is 19.3 Å². The van der Waals surface area contributed by atoms with Crippen LogP contribution in [0.4, 0.5) is 4.39 Å². The highest BCUT2D eigenvalue weighted by atomic mass is 31.2. The molecule has 2 heterocycles. The fourth-order valence-electron chi connectivity index (χ4n) is 2.55. The summed E-state index contributed by atoms with van der Waals surface area (Å²) in [5, 5.41) is 20.0. The fraction of sp³-hybridized carbons (Fsp3) is 0.333. The molecule has 1 fully saturated rings. The quantitative estimate of drug-likeness (QED) is 0.458. The number of alkyl halides is 1. The van der Waals surface area contributed by atoms with Crippen molar-refractivity contribution in [3.05, 3.63) is 63.4 Å². The normalized spacial score (nSPS) is 29.4. The van der Waals surface area contributed by atoms with E-state index in [1.807, 2.05) is 4.98 Å². The van der Waals surface area contributed by atoms with Gasteiger partial charge in [-0.2, -0.15) is 0 Å². The SMILES string of the molecule is NP(=O)(OCC1(F)OC(n2ccc(=O)[nH]c2=O)C(O)C1O)Oc1ccccc1. The van der Waals surface area contributed by atoms with Gasteiger partial charge in [-0.15, -0.1) is 0 Å².